The average Bonchev–Trinajstić information content (AvgIpc) is 2.83. The zero-order chi connectivity index (χ0) is 22.6. The van der Waals surface area contributed by atoms with Crippen LogP contribution in [0, 0.1) is 40.8 Å². The number of halogens is 1. The first-order valence-electron chi connectivity index (χ1n) is 13.9. The van der Waals surface area contributed by atoms with E-state index < -0.39 is 0 Å². The Bertz CT molecular complexity index is 689. The average molecular weight is 440 g/mol. The van der Waals surface area contributed by atoms with E-state index in [1.807, 2.05) is 12.1 Å². The molecule has 0 heterocycles. The predicted molar refractivity (Wildman–Crippen MR) is 133 cm³/mol. The molecule has 0 saturated heterocycles. The molecule has 1 aromatic carbocycles. The molecule has 0 bridgehead atoms. The second-order valence-corrected chi connectivity index (χ2v) is 10.9. The van der Waals surface area contributed by atoms with Crippen LogP contribution >= 0.6 is 0 Å². The largest absolute Gasteiger partial charge is 0.207 e. The molecule has 2 heteroatoms. The van der Waals surface area contributed by atoms with Gasteiger partial charge in [0.2, 0.25) is 0 Å². The van der Waals surface area contributed by atoms with Gasteiger partial charge in [-0.15, -0.1) is 0 Å². The van der Waals surface area contributed by atoms with Crippen molar-refractivity contribution in [3.05, 3.63) is 35.1 Å². The van der Waals surface area contributed by atoms with Gasteiger partial charge in [-0.05, 0) is 79.9 Å². The molecule has 0 atom stereocenters. The summed E-state index contributed by atoms with van der Waals surface area (Å²) in [6, 6.07) is 6.96. The van der Waals surface area contributed by atoms with E-state index in [9.17, 15) is 4.39 Å². The van der Waals surface area contributed by atoms with Crippen molar-refractivity contribution >= 4 is 0 Å². The third-order valence-electron chi connectivity index (χ3n) is 8.67. The Morgan fingerprint density at radius 3 is 1.91 bits per heavy atom. The van der Waals surface area contributed by atoms with Gasteiger partial charge in [-0.1, -0.05) is 90.0 Å². The van der Waals surface area contributed by atoms with E-state index in [-0.39, 0.29) is 5.82 Å². The van der Waals surface area contributed by atoms with Crippen LogP contribution in [0.25, 0.3) is 0 Å². The van der Waals surface area contributed by atoms with E-state index in [2.05, 4.69) is 6.92 Å². The molecule has 0 N–H and O–H groups in total. The van der Waals surface area contributed by atoms with Crippen molar-refractivity contribution in [3.63, 3.8) is 0 Å². The molecule has 1 aromatic rings. The standard InChI is InChI=1S/C30H46FN/c1-2-3-4-5-6-7-8-9-24-10-16-27(17-11-24)28-18-12-25(13-19-28)14-20-29-21-15-26(23-32)22-30(29)31/h15,21-22,24-25,27-28H,2-14,16-20H2,1H3. The second kappa shape index (κ2) is 14.0. The molecule has 2 aliphatic carbocycles. The minimum Gasteiger partial charge on any atom is -0.207 e. The van der Waals surface area contributed by atoms with Crippen molar-refractivity contribution in [1.29, 1.82) is 5.26 Å². The molecule has 0 unspecified atom stereocenters. The number of hydrogen-bond donors (Lipinski definition) is 0. The molecule has 0 radical (unpaired) electrons. The summed E-state index contributed by atoms with van der Waals surface area (Å²) in [6.45, 7) is 2.30. The van der Waals surface area contributed by atoms with Gasteiger partial charge in [0.15, 0.2) is 0 Å². The Labute approximate surface area is 197 Å². The lowest BCUT2D eigenvalue weighted by Crippen LogP contribution is -2.26. The summed E-state index contributed by atoms with van der Waals surface area (Å²) in [7, 11) is 0. The number of hydrogen-bond acceptors (Lipinski definition) is 1. The van der Waals surface area contributed by atoms with Crippen LogP contribution in [0.5, 0.6) is 0 Å². The maximum absolute atomic E-state index is 14.1. The second-order valence-electron chi connectivity index (χ2n) is 10.9. The van der Waals surface area contributed by atoms with Gasteiger partial charge in [-0.25, -0.2) is 4.39 Å². The minimum absolute atomic E-state index is 0.203. The van der Waals surface area contributed by atoms with Gasteiger partial charge in [0.25, 0.3) is 0 Å². The Hall–Kier alpha value is -1.36. The first kappa shape index (κ1) is 25.3. The number of unbranched alkanes of at least 4 members (excludes halogenated alkanes) is 6. The molecule has 2 aliphatic rings. The lowest BCUT2D eigenvalue weighted by atomic mass is 9.68. The third kappa shape index (κ3) is 8.20. The molecule has 178 valence electrons. The highest BCUT2D eigenvalue weighted by atomic mass is 19.1. The molecule has 3 rings (SSSR count). The van der Waals surface area contributed by atoms with Gasteiger partial charge in [-0.2, -0.15) is 5.26 Å². The molecular formula is C30H46FN. The van der Waals surface area contributed by atoms with Gasteiger partial charge >= 0.3 is 0 Å². The number of aryl methyl sites for hydroxylation is 1. The van der Waals surface area contributed by atoms with E-state index in [1.165, 1.54) is 109 Å². The van der Waals surface area contributed by atoms with Crippen molar-refractivity contribution < 1.29 is 4.39 Å². The minimum atomic E-state index is -0.203. The van der Waals surface area contributed by atoms with Crippen molar-refractivity contribution in [2.75, 3.05) is 0 Å². The van der Waals surface area contributed by atoms with E-state index in [1.54, 1.807) is 6.07 Å². The molecule has 1 nitrogen and oxygen atoms in total. The molecule has 2 saturated carbocycles. The zero-order valence-corrected chi connectivity index (χ0v) is 20.6. The Kier molecular flexibility index (Phi) is 11.1. The maximum atomic E-state index is 14.1. The van der Waals surface area contributed by atoms with Crippen LogP contribution in [-0.4, -0.2) is 0 Å². The molecule has 0 spiro atoms. The summed E-state index contributed by atoms with van der Waals surface area (Å²) in [5, 5.41) is 8.90. The van der Waals surface area contributed by atoms with Crippen LogP contribution in [0.1, 0.15) is 127 Å². The molecule has 0 amide bonds. The summed E-state index contributed by atoms with van der Waals surface area (Å²) in [5.41, 5.74) is 1.20. The number of rotatable bonds is 12. The number of benzene rings is 1. The first-order chi connectivity index (χ1) is 15.7. The normalized spacial score (nSPS) is 26.0. The van der Waals surface area contributed by atoms with Crippen molar-refractivity contribution in [1.82, 2.24) is 0 Å². The smallest absolute Gasteiger partial charge is 0.127 e. The van der Waals surface area contributed by atoms with Gasteiger partial charge in [0.05, 0.1) is 11.6 Å². The fourth-order valence-corrected chi connectivity index (χ4v) is 6.47. The summed E-state index contributed by atoms with van der Waals surface area (Å²) in [6.07, 6.45) is 24.8. The van der Waals surface area contributed by atoms with E-state index >= 15 is 0 Å². The zero-order valence-electron chi connectivity index (χ0n) is 20.6. The topological polar surface area (TPSA) is 23.8 Å². The predicted octanol–water partition coefficient (Wildman–Crippen LogP) is 9.38. The molecule has 0 aliphatic heterocycles. The van der Waals surface area contributed by atoms with Crippen molar-refractivity contribution in [2.45, 2.75) is 122 Å². The van der Waals surface area contributed by atoms with Crippen LogP contribution in [-0.2, 0) is 6.42 Å². The van der Waals surface area contributed by atoms with E-state index in [0.717, 1.165) is 42.1 Å². The van der Waals surface area contributed by atoms with Gasteiger partial charge < -0.3 is 0 Å². The van der Waals surface area contributed by atoms with Crippen molar-refractivity contribution in [2.24, 2.45) is 23.7 Å². The van der Waals surface area contributed by atoms with Crippen LogP contribution in [0.4, 0.5) is 4.39 Å². The lowest BCUT2D eigenvalue weighted by molar-refractivity contribution is 0.140. The van der Waals surface area contributed by atoms with Gasteiger partial charge in [0.1, 0.15) is 5.82 Å². The molecule has 0 aromatic heterocycles. The summed E-state index contributed by atoms with van der Waals surface area (Å²) < 4.78 is 14.1. The Morgan fingerprint density at radius 2 is 1.34 bits per heavy atom. The monoisotopic (exact) mass is 439 g/mol. The van der Waals surface area contributed by atoms with Crippen LogP contribution < -0.4 is 0 Å². The van der Waals surface area contributed by atoms with Crippen LogP contribution in [0.2, 0.25) is 0 Å². The van der Waals surface area contributed by atoms with Crippen molar-refractivity contribution in [3.8, 4) is 6.07 Å². The number of nitrogens with zero attached hydrogens (tertiary/aromatic N) is 1. The highest BCUT2D eigenvalue weighted by molar-refractivity contribution is 5.32. The Balaban J connectivity index is 1.26. The lowest BCUT2D eigenvalue weighted by Gasteiger charge is -2.38. The fourth-order valence-electron chi connectivity index (χ4n) is 6.47. The number of nitriles is 1. The maximum Gasteiger partial charge on any atom is 0.127 e. The van der Waals surface area contributed by atoms with Gasteiger partial charge in [-0.3, -0.25) is 0 Å². The summed E-state index contributed by atoms with van der Waals surface area (Å²) >= 11 is 0. The SMILES string of the molecule is CCCCCCCCCC1CCC(C2CCC(CCc3ccc(C#N)cc3F)CC2)CC1. The van der Waals surface area contributed by atoms with E-state index in [4.69, 9.17) is 5.26 Å². The molecular weight excluding hydrogens is 393 g/mol. The highest BCUT2D eigenvalue weighted by Crippen LogP contribution is 2.43. The fraction of sp³-hybridized carbons (Fsp3) is 0.767. The van der Waals surface area contributed by atoms with Crippen LogP contribution in [0.15, 0.2) is 18.2 Å². The first-order valence-corrected chi connectivity index (χ1v) is 13.9. The highest BCUT2D eigenvalue weighted by Gasteiger charge is 2.30. The summed E-state index contributed by atoms with van der Waals surface area (Å²) in [4.78, 5) is 0. The van der Waals surface area contributed by atoms with E-state index in [0.29, 0.717) is 5.56 Å². The third-order valence-corrected chi connectivity index (χ3v) is 8.67. The molecule has 2 fully saturated rings. The molecule has 32 heavy (non-hydrogen) atoms. The summed E-state index contributed by atoms with van der Waals surface area (Å²) in [5.74, 6) is 3.51. The Morgan fingerprint density at radius 1 is 0.781 bits per heavy atom. The van der Waals surface area contributed by atoms with Gasteiger partial charge in [0, 0.05) is 0 Å². The quantitative estimate of drug-likeness (QED) is 0.297. The van der Waals surface area contributed by atoms with Crippen LogP contribution in [0.3, 0.4) is 0 Å².